The minimum atomic E-state index is -3.60. The van der Waals surface area contributed by atoms with Crippen molar-refractivity contribution in [2.45, 2.75) is 11.4 Å². The Hall–Kier alpha value is -2.23. The number of hydrogen-bond acceptors (Lipinski definition) is 5. The normalized spacial score (nSPS) is 16.0. The van der Waals surface area contributed by atoms with Crippen molar-refractivity contribution < 1.29 is 13.2 Å². The monoisotopic (exact) mass is 391 g/mol. The Balaban J connectivity index is 1.63. The molecule has 0 saturated carbocycles. The number of hydrogen-bond donors (Lipinski definition) is 0. The van der Waals surface area contributed by atoms with Crippen molar-refractivity contribution in [3.63, 3.8) is 0 Å². The molecule has 1 fully saturated rings. The fourth-order valence-electron chi connectivity index (χ4n) is 3.03. The van der Waals surface area contributed by atoms with E-state index in [4.69, 9.17) is 0 Å². The molecule has 1 aromatic carbocycles. The van der Waals surface area contributed by atoms with E-state index < -0.39 is 10.0 Å². The van der Waals surface area contributed by atoms with Crippen LogP contribution in [0.1, 0.15) is 5.56 Å². The van der Waals surface area contributed by atoms with Crippen LogP contribution >= 0.6 is 0 Å². The van der Waals surface area contributed by atoms with Gasteiger partial charge in [0, 0.05) is 32.4 Å². The summed E-state index contributed by atoms with van der Waals surface area (Å²) in [5.74, 6) is 0.0210. The highest BCUT2D eigenvalue weighted by molar-refractivity contribution is 7.89. The number of aromatic nitrogens is 2. The Bertz CT molecular complexity index is 871. The molecule has 0 unspecified atom stereocenters. The molecule has 9 heteroatoms. The van der Waals surface area contributed by atoms with Crippen LogP contribution < -0.4 is 0 Å². The number of sulfonamides is 1. The third kappa shape index (κ3) is 4.74. The third-order valence-electron chi connectivity index (χ3n) is 4.48. The van der Waals surface area contributed by atoms with Gasteiger partial charge in [0.15, 0.2) is 0 Å². The predicted octanol–water partition coefficient (Wildman–Crippen LogP) is 0.326. The second kappa shape index (κ2) is 8.20. The van der Waals surface area contributed by atoms with E-state index in [1.807, 2.05) is 49.3 Å². The van der Waals surface area contributed by atoms with Crippen LogP contribution in [-0.4, -0.2) is 85.0 Å². The summed E-state index contributed by atoms with van der Waals surface area (Å²) < 4.78 is 28.8. The molecule has 146 valence electrons. The Morgan fingerprint density at radius 2 is 1.78 bits per heavy atom. The zero-order valence-electron chi connectivity index (χ0n) is 15.7. The summed E-state index contributed by atoms with van der Waals surface area (Å²) in [7, 11) is 0.0739. The summed E-state index contributed by atoms with van der Waals surface area (Å²) in [5.41, 5.74) is 1.05. The van der Waals surface area contributed by atoms with Crippen molar-refractivity contribution in [3.05, 3.63) is 48.3 Å². The van der Waals surface area contributed by atoms with E-state index in [1.165, 1.54) is 10.5 Å². The fourth-order valence-corrected chi connectivity index (χ4v) is 4.41. The maximum atomic E-state index is 12.9. The van der Waals surface area contributed by atoms with Crippen LogP contribution in [0.2, 0.25) is 0 Å². The molecule has 1 amide bonds. The van der Waals surface area contributed by atoms with Gasteiger partial charge in [0.1, 0.15) is 4.90 Å². The lowest BCUT2D eigenvalue weighted by atomic mass is 10.2. The highest BCUT2D eigenvalue weighted by atomic mass is 32.2. The van der Waals surface area contributed by atoms with E-state index in [1.54, 1.807) is 15.8 Å². The zero-order valence-corrected chi connectivity index (χ0v) is 16.5. The molecule has 1 saturated heterocycles. The van der Waals surface area contributed by atoms with E-state index >= 15 is 0 Å². The molecule has 1 aromatic heterocycles. The van der Waals surface area contributed by atoms with Gasteiger partial charge in [-0.1, -0.05) is 30.3 Å². The molecule has 0 atom stereocenters. The highest BCUT2D eigenvalue weighted by Gasteiger charge is 2.31. The van der Waals surface area contributed by atoms with Crippen molar-refractivity contribution in [1.82, 2.24) is 23.9 Å². The smallest absolute Gasteiger partial charge is 0.246 e. The van der Waals surface area contributed by atoms with Crippen LogP contribution in [-0.2, 0) is 21.4 Å². The Morgan fingerprint density at radius 1 is 1.11 bits per heavy atom. The second-order valence-electron chi connectivity index (χ2n) is 6.88. The minimum absolute atomic E-state index is 0.0210. The number of piperazine rings is 1. The van der Waals surface area contributed by atoms with Crippen LogP contribution in [0.3, 0.4) is 0 Å². The van der Waals surface area contributed by atoms with Gasteiger partial charge in [-0.2, -0.15) is 9.40 Å². The van der Waals surface area contributed by atoms with Gasteiger partial charge < -0.3 is 9.80 Å². The molecule has 0 N–H and O–H groups in total. The van der Waals surface area contributed by atoms with Gasteiger partial charge in [0.25, 0.3) is 0 Å². The Morgan fingerprint density at radius 3 is 2.41 bits per heavy atom. The van der Waals surface area contributed by atoms with Crippen molar-refractivity contribution in [1.29, 1.82) is 0 Å². The lowest BCUT2D eigenvalue weighted by molar-refractivity contribution is -0.133. The summed E-state index contributed by atoms with van der Waals surface area (Å²) in [6.07, 6.45) is 2.95. The molecular formula is C18H25N5O3S. The van der Waals surface area contributed by atoms with Gasteiger partial charge in [-0.3, -0.25) is 9.48 Å². The van der Waals surface area contributed by atoms with E-state index in [0.29, 0.717) is 39.3 Å². The van der Waals surface area contributed by atoms with Gasteiger partial charge in [0.05, 0.1) is 19.3 Å². The van der Waals surface area contributed by atoms with Gasteiger partial charge in [-0.25, -0.2) is 8.42 Å². The highest BCUT2D eigenvalue weighted by Crippen LogP contribution is 2.17. The van der Waals surface area contributed by atoms with Gasteiger partial charge in [-0.15, -0.1) is 0 Å². The van der Waals surface area contributed by atoms with Crippen LogP contribution in [0.5, 0.6) is 0 Å². The van der Waals surface area contributed by atoms with Crippen molar-refractivity contribution in [3.8, 4) is 0 Å². The lowest BCUT2D eigenvalue weighted by Gasteiger charge is -2.34. The average Bonchev–Trinajstić information content (AvgIpc) is 3.11. The molecule has 2 heterocycles. The molecule has 0 aliphatic carbocycles. The second-order valence-corrected chi connectivity index (χ2v) is 8.82. The van der Waals surface area contributed by atoms with E-state index in [-0.39, 0.29) is 10.8 Å². The number of carbonyl (C=O) groups is 1. The van der Waals surface area contributed by atoms with Crippen LogP contribution in [0, 0.1) is 0 Å². The van der Waals surface area contributed by atoms with Gasteiger partial charge >= 0.3 is 0 Å². The van der Waals surface area contributed by atoms with Crippen molar-refractivity contribution >= 4 is 15.9 Å². The average molecular weight is 391 g/mol. The topological polar surface area (TPSA) is 78.8 Å². The fraction of sp³-hybridized carbons (Fsp3) is 0.444. The third-order valence-corrected chi connectivity index (χ3v) is 6.33. The molecule has 8 nitrogen and oxygen atoms in total. The number of nitrogens with zero attached hydrogens (tertiary/aromatic N) is 5. The Labute approximate surface area is 160 Å². The first-order chi connectivity index (χ1) is 12.9. The zero-order chi connectivity index (χ0) is 19.4. The molecule has 0 spiro atoms. The predicted molar refractivity (Wildman–Crippen MR) is 102 cm³/mol. The molecule has 2 aromatic rings. The maximum Gasteiger partial charge on any atom is 0.246 e. The Kier molecular flexibility index (Phi) is 5.93. The maximum absolute atomic E-state index is 12.9. The van der Waals surface area contributed by atoms with Crippen molar-refractivity contribution in [2.75, 3.05) is 46.8 Å². The lowest BCUT2D eigenvalue weighted by Crippen LogP contribution is -2.52. The summed E-state index contributed by atoms with van der Waals surface area (Å²) in [6.45, 7) is 2.26. The standard InChI is InChI=1S/C18H25N5O3S/c1-20(2)15-18(24)21-8-10-23(11-9-21)27(25,26)17-12-19-22(14-17)13-16-6-4-3-5-7-16/h3-7,12,14H,8-11,13,15H2,1-2H3. The van der Waals surface area contributed by atoms with E-state index in [0.717, 1.165) is 5.56 Å². The molecule has 0 radical (unpaired) electrons. The van der Waals surface area contributed by atoms with Crippen molar-refractivity contribution in [2.24, 2.45) is 0 Å². The molecule has 1 aliphatic heterocycles. The molecular weight excluding hydrogens is 366 g/mol. The first-order valence-corrected chi connectivity index (χ1v) is 10.3. The summed E-state index contributed by atoms with van der Waals surface area (Å²) in [5, 5.41) is 4.19. The molecule has 1 aliphatic rings. The largest absolute Gasteiger partial charge is 0.339 e. The number of amides is 1. The number of rotatable bonds is 6. The van der Waals surface area contributed by atoms with Gasteiger partial charge in [0.2, 0.25) is 15.9 Å². The van der Waals surface area contributed by atoms with E-state index in [9.17, 15) is 13.2 Å². The number of carbonyl (C=O) groups excluding carboxylic acids is 1. The van der Waals surface area contributed by atoms with Gasteiger partial charge in [-0.05, 0) is 19.7 Å². The summed E-state index contributed by atoms with van der Waals surface area (Å²) in [6, 6.07) is 9.76. The summed E-state index contributed by atoms with van der Waals surface area (Å²) in [4.78, 5) is 15.8. The molecule has 0 bridgehead atoms. The summed E-state index contributed by atoms with van der Waals surface area (Å²) >= 11 is 0. The quantitative estimate of drug-likeness (QED) is 0.709. The first kappa shape index (κ1) is 19.5. The minimum Gasteiger partial charge on any atom is -0.339 e. The molecule has 27 heavy (non-hydrogen) atoms. The SMILES string of the molecule is CN(C)CC(=O)N1CCN(S(=O)(=O)c2cnn(Cc3ccccc3)c2)CC1. The molecule has 3 rings (SSSR count). The van der Waals surface area contributed by atoms with Crippen LogP contribution in [0.25, 0.3) is 0 Å². The number of benzene rings is 1. The van der Waals surface area contributed by atoms with E-state index in [2.05, 4.69) is 5.10 Å². The van der Waals surface area contributed by atoms with Crippen LogP contribution in [0.4, 0.5) is 0 Å². The van der Waals surface area contributed by atoms with Crippen LogP contribution in [0.15, 0.2) is 47.6 Å². The number of likely N-dealkylation sites (N-methyl/N-ethyl adjacent to an activating group) is 1. The first-order valence-electron chi connectivity index (χ1n) is 8.85.